The molecule has 22 heavy (non-hydrogen) atoms. The van der Waals surface area contributed by atoms with E-state index in [1.807, 2.05) is 0 Å². The molecule has 3 rings (SSSR count). The summed E-state index contributed by atoms with van der Waals surface area (Å²) in [6.07, 6.45) is 5.77. The van der Waals surface area contributed by atoms with Crippen molar-refractivity contribution in [3.8, 4) is 0 Å². The highest BCUT2D eigenvalue weighted by Crippen LogP contribution is 2.42. The average molecular weight is 326 g/mol. The van der Waals surface area contributed by atoms with Gasteiger partial charge in [-0.2, -0.15) is 4.31 Å². The predicted molar refractivity (Wildman–Crippen MR) is 80.9 cm³/mol. The molecule has 1 aromatic rings. The molecule has 2 aliphatic heterocycles. The summed E-state index contributed by atoms with van der Waals surface area (Å²) < 4.78 is 37.7. The van der Waals surface area contributed by atoms with Gasteiger partial charge in [-0.25, -0.2) is 8.42 Å². The third kappa shape index (κ3) is 3.03. The molecule has 0 aromatic carbocycles. The third-order valence-electron chi connectivity index (χ3n) is 4.69. The molecule has 2 fully saturated rings. The zero-order chi connectivity index (χ0) is 15.6. The summed E-state index contributed by atoms with van der Waals surface area (Å²) >= 11 is 0. The Bertz CT molecular complexity index is 597. The fourth-order valence-electron chi connectivity index (χ4n) is 3.39. The Kier molecular flexibility index (Phi) is 4.49. The summed E-state index contributed by atoms with van der Waals surface area (Å²) in [5.41, 5.74) is 0.115. The summed E-state index contributed by atoms with van der Waals surface area (Å²) in [5.74, 6) is 0. The maximum absolute atomic E-state index is 12.6. The van der Waals surface area contributed by atoms with E-state index in [0.717, 1.165) is 19.3 Å². The Hall–Kier alpha value is -1.02. The van der Waals surface area contributed by atoms with Gasteiger partial charge in [-0.3, -0.25) is 4.98 Å². The molecule has 0 unspecified atom stereocenters. The lowest BCUT2D eigenvalue weighted by atomic mass is 9.77. The minimum atomic E-state index is -3.43. The number of ether oxygens (including phenoxy) is 2. The van der Waals surface area contributed by atoms with Crippen LogP contribution < -0.4 is 0 Å². The molecule has 122 valence electrons. The molecular weight excluding hydrogens is 304 g/mol. The lowest BCUT2D eigenvalue weighted by molar-refractivity contribution is 0.0312. The minimum Gasteiger partial charge on any atom is -0.382 e. The van der Waals surface area contributed by atoms with Crippen LogP contribution in [-0.4, -0.2) is 57.2 Å². The molecule has 0 saturated carbocycles. The van der Waals surface area contributed by atoms with Gasteiger partial charge < -0.3 is 9.47 Å². The molecule has 0 bridgehead atoms. The van der Waals surface area contributed by atoms with Gasteiger partial charge in [-0.1, -0.05) is 0 Å². The van der Waals surface area contributed by atoms with Crippen molar-refractivity contribution in [2.75, 3.05) is 33.4 Å². The van der Waals surface area contributed by atoms with E-state index in [2.05, 4.69) is 4.98 Å². The number of aromatic nitrogens is 1. The Morgan fingerprint density at radius 2 is 2.23 bits per heavy atom. The van der Waals surface area contributed by atoms with E-state index in [1.165, 1.54) is 6.20 Å². The monoisotopic (exact) mass is 326 g/mol. The lowest BCUT2D eigenvalue weighted by Crippen LogP contribution is -2.43. The van der Waals surface area contributed by atoms with Crippen molar-refractivity contribution in [2.24, 2.45) is 5.41 Å². The van der Waals surface area contributed by atoms with E-state index in [0.29, 0.717) is 26.3 Å². The smallest absolute Gasteiger partial charge is 0.244 e. The molecule has 2 saturated heterocycles. The highest BCUT2D eigenvalue weighted by molar-refractivity contribution is 7.89. The van der Waals surface area contributed by atoms with E-state index >= 15 is 0 Å². The highest BCUT2D eigenvalue weighted by Gasteiger charge is 2.44. The molecule has 0 radical (unpaired) electrons. The van der Waals surface area contributed by atoms with Gasteiger partial charge in [0.15, 0.2) is 0 Å². The second-order valence-corrected chi connectivity index (χ2v) is 8.12. The van der Waals surface area contributed by atoms with Gasteiger partial charge in [0.2, 0.25) is 10.0 Å². The summed E-state index contributed by atoms with van der Waals surface area (Å²) in [6, 6.07) is 3.25. The first kappa shape index (κ1) is 15.9. The van der Waals surface area contributed by atoms with Crippen molar-refractivity contribution >= 4 is 10.0 Å². The highest BCUT2D eigenvalue weighted by atomic mass is 32.2. The zero-order valence-electron chi connectivity index (χ0n) is 12.8. The Labute approximate surface area is 131 Å². The number of sulfonamides is 1. The molecule has 1 spiro atoms. The first-order valence-corrected chi connectivity index (χ1v) is 9.00. The molecular formula is C15H22N2O4S. The lowest BCUT2D eigenvalue weighted by Gasteiger charge is -2.37. The van der Waals surface area contributed by atoms with Crippen LogP contribution in [0.1, 0.15) is 19.3 Å². The summed E-state index contributed by atoms with van der Waals surface area (Å²) in [4.78, 5) is 4.18. The number of rotatable bonds is 4. The zero-order valence-corrected chi connectivity index (χ0v) is 13.6. The first-order valence-electron chi connectivity index (χ1n) is 7.56. The van der Waals surface area contributed by atoms with Crippen molar-refractivity contribution in [3.63, 3.8) is 0 Å². The molecule has 0 aliphatic carbocycles. The van der Waals surface area contributed by atoms with E-state index in [4.69, 9.17) is 9.47 Å². The van der Waals surface area contributed by atoms with E-state index < -0.39 is 10.0 Å². The number of piperidine rings is 1. The Morgan fingerprint density at radius 3 is 2.86 bits per heavy atom. The summed E-state index contributed by atoms with van der Waals surface area (Å²) in [7, 11) is -1.75. The van der Waals surface area contributed by atoms with Crippen LogP contribution in [0.4, 0.5) is 0 Å². The van der Waals surface area contributed by atoms with Crippen LogP contribution in [-0.2, 0) is 19.5 Å². The second-order valence-electron chi connectivity index (χ2n) is 6.19. The van der Waals surface area contributed by atoms with Crippen LogP contribution in [0.15, 0.2) is 29.4 Å². The molecule has 0 amide bonds. The Morgan fingerprint density at radius 1 is 1.45 bits per heavy atom. The largest absolute Gasteiger partial charge is 0.382 e. The van der Waals surface area contributed by atoms with Crippen molar-refractivity contribution < 1.29 is 17.9 Å². The van der Waals surface area contributed by atoms with Crippen LogP contribution >= 0.6 is 0 Å². The van der Waals surface area contributed by atoms with Gasteiger partial charge in [0, 0.05) is 32.6 Å². The van der Waals surface area contributed by atoms with Crippen LogP contribution in [0.25, 0.3) is 0 Å². The molecule has 7 heteroatoms. The number of hydrogen-bond acceptors (Lipinski definition) is 5. The van der Waals surface area contributed by atoms with Crippen LogP contribution in [0, 0.1) is 5.41 Å². The third-order valence-corrected chi connectivity index (χ3v) is 6.58. The van der Waals surface area contributed by atoms with Crippen LogP contribution in [0.2, 0.25) is 0 Å². The summed E-state index contributed by atoms with van der Waals surface area (Å²) in [5, 5.41) is 0. The van der Waals surface area contributed by atoms with Crippen molar-refractivity contribution in [3.05, 3.63) is 24.5 Å². The maximum atomic E-state index is 12.6. The van der Waals surface area contributed by atoms with Crippen molar-refractivity contribution in [2.45, 2.75) is 30.3 Å². The van der Waals surface area contributed by atoms with Gasteiger partial charge in [0.1, 0.15) is 4.90 Å². The quantitative estimate of drug-likeness (QED) is 0.834. The molecule has 1 atom stereocenters. The number of pyridine rings is 1. The van der Waals surface area contributed by atoms with Crippen LogP contribution in [0.5, 0.6) is 0 Å². The second kappa shape index (κ2) is 6.23. The van der Waals surface area contributed by atoms with Gasteiger partial charge in [-0.15, -0.1) is 0 Å². The van der Waals surface area contributed by atoms with Crippen LogP contribution in [0.3, 0.4) is 0 Å². The van der Waals surface area contributed by atoms with E-state index in [1.54, 1.807) is 29.7 Å². The molecule has 6 nitrogen and oxygen atoms in total. The molecule has 0 N–H and O–H groups in total. The molecule has 3 heterocycles. The standard InChI is InChI=1S/C15H22N2O4S/c1-20-11-13-9-15(12-21-13)4-7-17(8-5-15)22(18,19)14-3-2-6-16-10-14/h2-3,6,10,13H,4-5,7-9,11-12H2,1H3/t13-/m0/s1. The first-order chi connectivity index (χ1) is 10.6. The van der Waals surface area contributed by atoms with Crippen molar-refractivity contribution in [1.29, 1.82) is 0 Å². The van der Waals surface area contributed by atoms with Crippen molar-refractivity contribution in [1.82, 2.24) is 9.29 Å². The van der Waals surface area contributed by atoms with E-state index in [9.17, 15) is 8.42 Å². The minimum absolute atomic E-state index is 0.115. The van der Waals surface area contributed by atoms with E-state index in [-0.39, 0.29) is 16.4 Å². The molecule has 1 aromatic heterocycles. The Balaban J connectivity index is 1.65. The van der Waals surface area contributed by atoms with Gasteiger partial charge >= 0.3 is 0 Å². The normalized spacial score (nSPS) is 25.6. The fraction of sp³-hybridized carbons (Fsp3) is 0.667. The maximum Gasteiger partial charge on any atom is 0.244 e. The fourth-order valence-corrected chi connectivity index (χ4v) is 4.79. The summed E-state index contributed by atoms with van der Waals surface area (Å²) in [6.45, 7) is 2.40. The van der Waals surface area contributed by atoms with Gasteiger partial charge in [-0.05, 0) is 36.8 Å². The predicted octanol–water partition coefficient (Wildman–Crippen LogP) is 1.29. The topological polar surface area (TPSA) is 68.7 Å². The van der Waals surface area contributed by atoms with Gasteiger partial charge in [0.25, 0.3) is 0 Å². The average Bonchev–Trinajstić information content (AvgIpc) is 2.92. The number of nitrogens with zero attached hydrogens (tertiary/aromatic N) is 2. The molecule has 2 aliphatic rings. The number of methoxy groups -OCH3 is 1. The number of hydrogen-bond donors (Lipinski definition) is 0. The van der Waals surface area contributed by atoms with Gasteiger partial charge in [0.05, 0.1) is 19.3 Å². The SMILES string of the molecule is COC[C@@H]1CC2(CCN(S(=O)(=O)c3cccnc3)CC2)CO1.